The van der Waals surface area contributed by atoms with Gasteiger partial charge < -0.3 is 4.90 Å². The van der Waals surface area contributed by atoms with E-state index in [-0.39, 0.29) is 6.04 Å². The lowest BCUT2D eigenvalue weighted by Gasteiger charge is -2.37. The normalized spacial score (nSPS) is 17.6. The Hall–Kier alpha value is -4.00. The van der Waals surface area contributed by atoms with E-state index < -0.39 is 11.7 Å². The molecule has 0 saturated carbocycles. The minimum Gasteiger partial charge on any atom is -0.369 e. The van der Waals surface area contributed by atoms with Crippen LogP contribution in [0.25, 0.3) is 5.70 Å². The summed E-state index contributed by atoms with van der Waals surface area (Å²) in [6.07, 6.45) is -0.428. The fraction of sp³-hybridized carbons (Fsp3) is 0.382. The summed E-state index contributed by atoms with van der Waals surface area (Å²) in [5.74, 6) is 0. The topological polar surface area (TPSA) is 58.8 Å². The Balaban J connectivity index is 1.07. The van der Waals surface area contributed by atoms with Gasteiger partial charge in [0.05, 0.1) is 34.6 Å². The van der Waals surface area contributed by atoms with Crippen molar-refractivity contribution in [2.24, 2.45) is 4.99 Å². The fourth-order valence-electron chi connectivity index (χ4n) is 5.68. The van der Waals surface area contributed by atoms with Crippen LogP contribution in [0.2, 0.25) is 0 Å². The van der Waals surface area contributed by atoms with Gasteiger partial charge in [0.25, 0.3) is 0 Å². The number of nitriles is 1. The van der Waals surface area contributed by atoms with Gasteiger partial charge in [-0.25, -0.2) is 0 Å². The zero-order chi connectivity index (χ0) is 30.4. The highest BCUT2D eigenvalue weighted by Crippen LogP contribution is 2.29. The molecule has 3 aromatic rings. The van der Waals surface area contributed by atoms with Crippen molar-refractivity contribution in [3.8, 4) is 6.07 Å². The zero-order valence-electron chi connectivity index (χ0n) is 24.5. The number of piperazine rings is 1. The van der Waals surface area contributed by atoms with Gasteiger partial charge in [0.15, 0.2) is 0 Å². The molecule has 0 spiro atoms. The van der Waals surface area contributed by atoms with E-state index in [1.165, 1.54) is 5.56 Å². The number of aliphatic imine (C=N–C) groups is 1. The van der Waals surface area contributed by atoms with Gasteiger partial charge in [-0.2, -0.15) is 18.4 Å². The number of alkyl halides is 3. The van der Waals surface area contributed by atoms with Crippen LogP contribution in [0, 0.1) is 11.3 Å². The first-order valence-corrected chi connectivity index (χ1v) is 14.7. The largest absolute Gasteiger partial charge is 0.416 e. The van der Waals surface area contributed by atoms with Crippen LogP contribution in [-0.4, -0.2) is 70.7 Å². The number of aromatic nitrogens is 1. The van der Waals surface area contributed by atoms with Gasteiger partial charge in [-0.05, 0) is 67.3 Å². The van der Waals surface area contributed by atoms with Crippen molar-refractivity contribution in [1.29, 1.82) is 5.26 Å². The summed E-state index contributed by atoms with van der Waals surface area (Å²) in [6.45, 7) is 13.1. The molecule has 0 amide bonds. The van der Waals surface area contributed by atoms with Gasteiger partial charge in [0.1, 0.15) is 0 Å². The Bertz CT molecular complexity index is 1440. The first kappa shape index (κ1) is 30.5. The smallest absolute Gasteiger partial charge is 0.369 e. The minimum absolute atomic E-state index is 0.285. The molecule has 0 aliphatic carbocycles. The van der Waals surface area contributed by atoms with E-state index in [0.717, 1.165) is 99.0 Å². The number of pyridine rings is 1. The molecule has 0 N–H and O–H groups in total. The third kappa shape index (κ3) is 8.09. The number of nitrogens with zero attached hydrogens (tertiary/aromatic N) is 6. The predicted molar refractivity (Wildman–Crippen MR) is 163 cm³/mol. The number of hydrogen-bond donors (Lipinski definition) is 0. The Morgan fingerprint density at radius 3 is 2.00 bits per heavy atom. The van der Waals surface area contributed by atoms with Crippen LogP contribution in [0.3, 0.4) is 0 Å². The summed E-state index contributed by atoms with van der Waals surface area (Å²) in [6, 6.07) is 19.8. The summed E-state index contributed by atoms with van der Waals surface area (Å²) in [7, 11) is 0. The molecule has 0 bridgehead atoms. The highest BCUT2D eigenvalue weighted by Gasteiger charge is 2.30. The highest BCUT2D eigenvalue weighted by atomic mass is 19.4. The van der Waals surface area contributed by atoms with Crippen LogP contribution in [0.5, 0.6) is 0 Å². The van der Waals surface area contributed by atoms with Crippen LogP contribution >= 0.6 is 0 Å². The molecule has 1 aromatic heterocycles. The van der Waals surface area contributed by atoms with Gasteiger partial charge in [0.2, 0.25) is 0 Å². The van der Waals surface area contributed by atoms with Crippen molar-refractivity contribution < 1.29 is 13.2 Å². The third-order valence-corrected chi connectivity index (χ3v) is 8.33. The molecule has 2 aromatic carbocycles. The fourth-order valence-corrected chi connectivity index (χ4v) is 5.68. The molecule has 0 radical (unpaired) electrons. The Morgan fingerprint density at radius 2 is 1.47 bits per heavy atom. The summed E-state index contributed by atoms with van der Waals surface area (Å²) < 4.78 is 38.5. The number of halogens is 3. The first-order chi connectivity index (χ1) is 20.7. The standard InChI is InChI=1S/C34H37F3N6/c1-25(40-32-13-15-41(16-14-32)23-28-5-3-27(21-38)4-6-28)33-12-9-30(22-39-33)26(2)43-19-17-42(18-20-43)24-29-7-10-31(11-8-29)34(35,36)37/h3-12,22,32H,2,13-20,23-24H2,1H3. The molecule has 0 unspecified atom stereocenters. The number of likely N-dealkylation sites (tertiary alicyclic amines) is 1. The average molecular weight is 587 g/mol. The molecule has 2 aliphatic heterocycles. The van der Waals surface area contributed by atoms with E-state index in [2.05, 4.69) is 33.4 Å². The third-order valence-electron chi connectivity index (χ3n) is 8.33. The number of rotatable bonds is 8. The van der Waals surface area contributed by atoms with Crippen molar-refractivity contribution in [3.63, 3.8) is 0 Å². The predicted octanol–water partition coefficient (Wildman–Crippen LogP) is 6.23. The van der Waals surface area contributed by atoms with Gasteiger partial charge in [0, 0.05) is 69.8 Å². The van der Waals surface area contributed by atoms with E-state index in [1.807, 2.05) is 43.5 Å². The number of benzene rings is 2. The molecule has 2 aliphatic rings. The van der Waals surface area contributed by atoms with Crippen LogP contribution in [-0.2, 0) is 19.3 Å². The quantitative estimate of drug-likeness (QED) is 0.293. The number of hydrogen-bond acceptors (Lipinski definition) is 6. The second-order valence-electron chi connectivity index (χ2n) is 11.4. The second kappa shape index (κ2) is 13.5. The van der Waals surface area contributed by atoms with Gasteiger partial charge in [-0.3, -0.25) is 19.8 Å². The molecular weight excluding hydrogens is 549 g/mol. The number of piperidine rings is 1. The van der Waals surface area contributed by atoms with E-state index in [9.17, 15) is 13.2 Å². The second-order valence-corrected chi connectivity index (χ2v) is 11.4. The molecule has 2 fully saturated rings. The Morgan fingerprint density at radius 1 is 0.884 bits per heavy atom. The molecular formula is C34H37F3N6. The minimum atomic E-state index is -4.31. The maximum absolute atomic E-state index is 12.8. The summed E-state index contributed by atoms with van der Waals surface area (Å²) in [4.78, 5) is 16.6. The van der Waals surface area contributed by atoms with Gasteiger partial charge in [-0.1, -0.05) is 30.8 Å². The Labute approximate surface area is 251 Å². The molecule has 6 nitrogen and oxygen atoms in total. The first-order valence-electron chi connectivity index (χ1n) is 14.7. The van der Waals surface area contributed by atoms with E-state index in [1.54, 1.807) is 12.1 Å². The van der Waals surface area contributed by atoms with E-state index in [4.69, 9.17) is 15.2 Å². The summed E-state index contributed by atoms with van der Waals surface area (Å²) >= 11 is 0. The van der Waals surface area contributed by atoms with Crippen molar-refractivity contribution in [2.75, 3.05) is 39.3 Å². The van der Waals surface area contributed by atoms with E-state index in [0.29, 0.717) is 12.1 Å². The lowest BCUT2D eigenvalue weighted by atomic mass is 10.0. The molecule has 5 rings (SSSR count). The zero-order valence-corrected chi connectivity index (χ0v) is 24.5. The molecule has 3 heterocycles. The van der Waals surface area contributed by atoms with E-state index >= 15 is 0 Å². The van der Waals surface area contributed by atoms with Crippen molar-refractivity contribution in [3.05, 3.63) is 107 Å². The Kier molecular flexibility index (Phi) is 9.59. The van der Waals surface area contributed by atoms with Crippen LogP contribution in [0.15, 0.2) is 78.4 Å². The highest BCUT2D eigenvalue weighted by molar-refractivity contribution is 5.97. The maximum Gasteiger partial charge on any atom is 0.416 e. The molecule has 43 heavy (non-hydrogen) atoms. The lowest BCUT2D eigenvalue weighted by molar-refractivity contribution is -0.137. The van der Waals surface area contributed by atoms with Crippen LogP contribution in [0.1, 0.15) is 53.3 Å². The molecule has 224 valence electrons. The molecule has 9 heteroatoms. The summed E-state index contributed by atoms with van der Waals surface area (Å²) in [5, 5.41) is 8.99. The molecule has 0 atom stereocenters. The average Bonchev–Trinajstić information content (AvgIpc) is 3.02. The van der Waals surface area contributed by atoms with Crippen LogP contribution < -0.4 is 0 Å². The van der Waals surface area contributed by atoms with Gasteiger partial charge in [-0.15, -0.1) is 0 Å². The van der Waals surface area contributed by atoms with Crippen LogP contribution in [0.4, 0.5) is 13.2 Å². The van der Waals surface area contributed by atoms with Gasteiger partial charge >= 0.3 is 6.18 Å². The van der Waals surface area contributed by atoms with Crippen molar-refractivity contribution in [2.45, 2.75) is 45.1 Å². The SMILES string of the molecule is C=C(c1ccc(C(C)=NC2CCN(Cc3ccc(C#N)cc3)CC2)nc1)N1CCN(Cc2ccc(C(F)(F)F)cc2)CC1. The van der Waals surface area contributed by atoms with Crippen molar-refractivity contribution >= 4 is 11.4 Å². The molecule has 2 saturated heterocycles. The maximum atomic E-state index is 12.8. The monoisotopic (exact) mass is 586 g/mol. The summed E-state index contributed by atoms with van der Waals surface area (Å²) in [5.41, 5.74) is 5.90. The lowest BCUT2D eigenvalue weighted by Crippen LogP contribution is -2.44. The van der Waals surface area contributed by atoms with Crippen molar-refractivity contribution in [1.82, 2.24) is 19.7 Å².